The maximum absolute atomic E-state index is 13.7. The molecule has 0 heterocycles. The smallest absolute Gasteiger partial charge is 0.262 e. The van der Waals surface area contributed by atoms with Crippen molar-refractivity contribution in [3.05, 3.63) is 83.4 Å². The van der Waals surface area contributed by atoms with Gasteiger partial charge in [0.15, 0.2) is 0 Å². The fourth-order valence-electron chi connectivity index (χ4n) is 3.32. The zero-order valence-corrected chi connectivity index (χ0v) is 18.3. The number of hydrogen-bond donors (Lipinski definition) is 0. The van der Waals surface area contributed by atoms with Gasteiger partial charge in [-0.2, -0.15) is 0 Å². The van der Waals surface area contributed by atoms with E-state index in [1.54, 1.807) is 51.5 Å². The molecule has 0 aliphatic heterocycles. The van der Waals surface area contributed by atoms with E-state index in [4.69, 9.17) is 18.9 Å². The third-order valence-electron chi connectivity index (χ3n) is 4.99. The average molecular weight is 421 g/mol. The molecule has 3 rings (SSSR count). The molecule has 3 aromatic rings. The molecule has 0 aromatic heterocycles. The molecule has 6 nitrogen and oxygen atoms in total. The van der Waals surface area contributed by atoms with Crippen LogP contribution in [-0.2, 0) is 13.1 Å². The molecule has 6 heteroatoms. The Kier molecular flexibility index (Phi) is 7.38. The number of carbonyl (C=O) groups excluding carboxylic acids is 1. The van der Waals surface area contributed by atoms with Gasteiger partial charge in [-0.05, 0) is 47.5 Å². The zero-order chi connectivity index (χ0) is 22.2. The topological polar surface area (TPSA) is 57.2 Å². The highest BCUT2D eigenvalue weighted by Crippen LogP contribution is 2.31. The molecule has 0 fully saturated rings. The van der Waals surface area contributed by atoms with Crippen molar-refractivity contribution < 1.29 is 23.7 Å². The Labute approximate surface area is 182 Å². The van der Waals surface area contributed by atoms with Crippen molar-refractivity contribution in [3.63, 3.8) is 0 Å². The summed E-state index contributed by atoms with van der Waals surface area (Å²) in [5.74, 6) is 2.30. The van der Waals surface area contributed by atoms with Gasteiger partial charge in [0, 0.05) is 13.1 Å². The van der Waals surface area contributed by atoms with Crippen LogP contribution < -0.4 is 18.9 Å². The normalized spacial score (nSPS) is 10.3. The first-order valence-electron chi connectivity index (χ1n) is 9.85. The van der Waals surface area contributed by atoms with Crippen LogP contribution in [0.4, 0.5) is 0 Å². The molecule has 0 aliphatic carbocycles. The van der Waals surface area contributed by atoms with Crippen molar-refractivity contribution in [2.24, 2.45) is 0 Å². The summed E-state index contributed by atoms with van der Waals surface area (Å²) in [4.78, 5) is 15.4. The molecule has 0 N–H and O–H groups in total. The van der Waals surface area contributed by atoms with Crippen LogP contribution in [0, 0.1) is 0 Å². The van der Waals surface area contributed by atoms with Crippen molar-refractivity contribution in [1.82, 2.24) is 4.90 Å². The molecular formula is C25H27NO5. The van der Waals surface area contributed by atoms with E-state index >= 15 is 0 Å². The van der Waals surface area contributed by atoms with Gasteiger partial charge in [-0.25, -0.2) is 0 Å². The molecule has 162 valence electrons. The Morgan fingerprint density at radius 3 is 1.42 bits per heavy atom. The molecule has 0 saturated carbocycles. The lowest BCUT2D eigenvalue weighted by atomic mass is 10.1. The van der Waals surface area contributed by atoms with E-state index < -0.39 is 0 Å². The van der Waals surface area contributed by atoms with Crippen molar-refractivity contribution in [3.8, 4) is 23.0 Å². The molecular weight excluding hydrogens is 394 g/mol. The Hall–Kier alpha value is -3.67. The zero-order valence-electron chi connectivity index (χ0n) is 18.3. The second-order valence-electron chi connectivity index (χ2n) is 6.89. The van der Waals surface area contributed by atoms with Gasteiger partial charge in [-0.1, -0.05) is 30.3 Å². The van der Waals surface area contributed by atoms with Gasteiger partial charge in [0.2, 0.25) is 0 Å². The number of rotatable bonds is 9. The van der Waals surface area contributed by atoms with Gasteiger partial charge in [-0.15, -0.1) is 0 Å². The summed E-state index contributed by atoms with van der Waals surface area (Å²) in [7, 11) is 6.34. The largest absolute Gasteiger partial charge is 0.497 e. The Balaban J connectivity index is 1.96. The lowest BCUT2D eigenvalue weighted by molar-refractivity contribution is 0.0723. The second kappa shape index (κ2) is 10.4. The van der Waals surface area contributed by atoms with Crippen molar-refractivity contribution in [2.45, 2.75) is 13.1 Å². The van der Waals surface area contributed by atoms with E-state index in [0.29, 0.717) is 30.2 Å². The fraction of sp³-hybridized carbons (Fsp3) is 0.240. The van der Waals surface area contributed by atoms with Gasteiger partial charge in [0.1, 0.15) is 28.6 Å². The number of methoxy groups -OCH3 is 4. The lowest BCUT2D eigenvalue weighted by Gasteiger charge is -2.25. The third-order valence-corrected chi connectivity index (χ3v) is 4.99. The number of amides is 1. The van der Waals surface area contributed by atoms with Crippen molar-refractivity contribution in [2.75, 3.05) is 28.4 Å². The summed E-state index contributed by atoms with van der Waals surface area (Å²) in [6.45, 7) is 0.826. The maximum Gasteiger partial charge on any atom is 0.262 e. The molecule has 0 bridgehead atoms. The van der Waals surface area contributed by atoms with E-state index in [0.717, 1.165) is 22.6 Å². The number of hydrogen-bond acceptors (Lipinski definition) is 5. The van der Waals surface area contributed by atoms with Gasteiger partial charge < -0.3 is 23.8 Å². The average Bonchev–Trinajstić information content (AvgIpc) is 2.83. The van der Waals surface area contributed by atoms with Crippen LogP contribution in [0.2, 0.25) is 0 Å². The number of carbonyl (C=O) groups is 1. The molecule has 0 atom stereocenters. The lowest BCUT2D eigenvalue weighted by Crippen LogP contribution is -2.30. The minimum Gasteiger partial charge on any atom is -0.497 e. The molecule has 0 saturated heterocycles. The standard InChI is InChI=1S/C25H27NO5/c1-28-20-12-8-18(9-13-20)16-26(17-19-10-14-21(29-2)15-11-19)25(27)24-22(30-3)6-5-7-23(24)31-4/h5-15H,16-17H2,1-4H3. The minimum absolute atomic E-state index is 0.180. The maximum atomic E-state index is 13.7. The first-order chi connectivity index (χ1) is 15.1. The Morgan fingerprint density at radius 1 is 0.645 bits per heavy atom. The molecule has 3 aromatic carbocycles. The highest BCUT2D eigenvalue weighted by Gasteiger charge is 2.24. The molecule has 1 amide bonds. The predicted octanol–water partition coefficient (Wildman–Crippen LogP) is 4.56. The molecule has 0 unspecified atom stereocenters. The summed E-state index contributed by atoms with van der Waals surface area (Å²) in [6.07, 6.45) is 0. The van der Waals surface area contributed by atoms with E-state index in [-0.39, 0.29) is 5.91 Å². The van der Waals surface area contributed by atoms with Crippen LogP contribution in [0.5, 0.6) is 23.0 Å². The van der Waals surface area contributed by atoms with E-state index in [1.807, 2.05) is 48.5 Å². The highest BCUT2D eigenvalue weighted by molar-refractivity contribution is 5.99. The van der Waals surface area contributed by atoms with Gasteiger partial charge >= 0.3 is 0 Å². The van der Waals surface area contributed by atoms with Crippen LogP contribution in [0.3, 0.4) is 0 Å². The molecule has 31 heavy (non-hydrogen) atoms. The first kappa shape index (κ1) is 22.0. The monoisotopic (exact) mass is 421 g/mol. The van der Waals surface area contributed by atoms with Crippen molar-refractivity contribution in [1.29, 1.82) is 0 Å². The highest BCUT2D eigenvalue weighted by atomic mass is 16.5. The third kappa shape index (κ3) is 5.28. The summed E-state index contributed by atoms with van der Waals surface area (Å²) in [5.41, 5.74) is 2.36. The van der Waals surface area contributed by atoms with Crippen LogP contribution in [0.15, 0.2) is 66.7 Å². The molecule has 0 spiro atoms. The van der Waals surface area contributed by atoms with Crippen LogP contribution in [0.25, 0.3) is 0 Å². The Morgan fingerprint density at radius 2 is 1.06 bits per heavy atom. The number of benzene rings is 3. The van der Waals surface area contributed by atoms with E-state index in [1.165, 1.54) is 0 Å². The predicted molar refractivity (Wildman–Crippen MR) is 119 cm³/mol. The van der Waals surface area contributed by atoms with Gasteiger partial charge in [-0.3, -0.25) is 4.79 Å². The van der Waals surface area contributed by atoms with E-state index in [2.05, 4.69) is 0 Å². The second-order valence-corrected chi connectivity index (χ2v) is 6.89. The quantitative estimate of drug-likeness (QED) is 0.507. The van der Waals surface area contributed by atoms with Gasteiger partial charge in [0.25, 0.3) is 5.91 Å². The van der Waals surface area contributed by atoms with Crippen LogP contribution >= 0.6 is 0 Å². The number of ether oxygens (including phenoxy) is 4. The summed E-state index contributed by atoms with van der Waals surface area (Å²) < 4.78 is 21.4. The van der Waals surface area contributed by atoms with Crippen LogP contribution in [-0.4, -0.2) is 39.2 Å². The van der Waals surface area contributed by atoms with Crippen molar-refractivity contribution >= 4 is 5.91 Å². The Bertz CT molecular complexity index is 928. The SMILES string of the molecule is COc1ccc(CN(Cc2ccc(OC)cc2)C(=O)c2c(OC)cccc2OC)cc1. The first-order valence-corrected chi connectivity index (χ1v) is 9.85. The van der Waals surface area contributed by atoms with Crippen LogP contribution in [0.1, 0.15) is 21.5 Å². The molecule has 0 aliphatic rings. The molecule has 0 radical (unpaired) electrons. The summed E-state index contributed by atoms with van der Waals surface area (Å²) in [6, 6.07) is 20.7. The van der Waals surface area contributed by atoms with Gasteiger partial charge in [0.05, 0.1) is 28.4 Å². The van der Waals surface area contributed by atoms with E-state index in [9.17, 15) is 4.79 Å². The fourth-order valence-corrected chi connectivity index (χ4v) is 3.32. The minimum atomic E-state index is -0.180. The summed E-state index contributed by atoms with van der Waals surface area (Å²) >= 11 is 0. The summed E-state index contributed by atoms with van der Waals surface area (Å²) in [5, 5.41) is 0. The number of nitrogens with zero attached hydrogens (tertiary/aromatic N) is 1.